The monoisotopic (exact) mass is 567 g/mol. The van der Waals surface area contributed by atoms with Gasteiger partial charge in [-0.25, -0.2) is 0 Å². The number of ether oxygens (including phenoxy) is 1. The Morgan fingerprint density at radius 1 is 0.628 bits per heavy atom. The third-order valence-corrected chi connectivity index (χ3v) is 10.5. The average Bonchev–Trinajstić information content (AvgIpc) is 2.93. The Morgan fingerprint density at radius 2 is 1.23 bits per heavy atom. The molecule has 0 saturated carbocycles. The van der Waals surface area contributed by atoms with Gasteiger partial charge in [-0.1, -0.05) is 106 Å². The summed E-state index contributed by atoms with van der Waals surface area (Å²) in [5.41, 5.74) is 13.6. The van der Waals surface area contributed by atoms with Gasteiger partial charge in [-0.05, 0) is 110 Å². The van der Waals surface area contributed by atoms with Crippen molar-refractivity contribution in [1.29, 1.82) is 0 Å². The van der Waals surface area contributed by atoms with Gasteiger partial charge in [-0.2, -0.15) is 0 Å². The van der Waals surface area contributed by atoms with Crippen LogP contribution < -0.4 is 26.0 Å². The van der Waals surface area contributed by atoms with Crippen molar-refractivity contribution in [3.8, 4) is 11.5 Å². The van der Waals surface area contributed by atoms with E-state index in [1.807, 2.05) is 0 Å². The number of benzene rings is 4. The predicted molar refractivity (Wildman–Crippen MR) is 185 cm³/mol. The number of hydrogen-bond donors (Lipinski definition) is 0. The molecule has 0 radical (unpaired) electrons. The molecule has 2 aliphatic heterocycles. The van der Waals surface area contributed by atoms with Gasteiger partial charge in [0.1, 0.15) is 11.5 Å². The Labute approximate surface area is 259 Å². The third-order valence-electron chi connectivity index (χ3n) is 10.5. The maximum atomic E-state index is 6.87. The molecule has 0 amide bonds. The Kier molecular flexibility index (Phi) is 5.95. The molecule has 0 saturated heterocycles. The molecule has 43 heavy (non-hydrogen) atoms. The van der Waals surface area contributed by atoms with Crippen molar-refractivity contribution in [2.24, 2.45) is 0 Å². The Balaban J connectivity index is 1.50. The summed E-state index contributed by atoms with van der Waals surface area (Å²) in [5.74, 6) is 2.00. The third kappa shape index (κ3) is 4.37. The maximum Gasteiger partial charge on any atom is 0.256 e. The molecule has 0 fully saturated rings. The molecule has 1 aliphatic carbocycles. The summed E-state index contributed by atoms with van der Waals surface area (Å²) < 4.78 is 6.87. The standard InChI is InChI=1S/C40H46BNO/c1-37(2,3)25-14-17-27(18-15-25)42-32-12-11-13-34-36(32)41(30-19-16-26(22-33(30)42)38(4,5)6)31-23-28-29(24-35(31)43-34)40(9,10)21-20-39(28,7)8/h11-19,22-24H,20-21H2,1-10H3. The summed E-state index contributed by atoms with van der Waals surface area (Å²) >= 11 is 0. The second kappa shape index (κ2) is 9.04. The predicted octanol–water partition coefficient (Wildman–Crippen LogP) is 9.04. The molecule has 0 aromatic heterocycles. The van der Waals surface area contributed by atoms with Gasteiger partial charge >= 0.3 is 0 Å². The van der Waals surface area contributed by atoms with Crippen LogP contribution in [0.25, 0.3) is 0 Å². The van der Waals surface area contributed by atoms with E-state index in [1.165, 1.54) is 68.5 Å². The maximum absolute atomic E-state index is 6.87. The first-order valence-corrected chi connectivity index (χ1v) is 16.1. The molecule has 0 spiro atoms. The average molecular weight is 568 g/mol. The fraction of sp³-hybridized carbons (Fsp3) is 0.400. The zero-order valence-electron chi connectivity index (χ0n) is 27.8. The molecule has 2 heterocycles. The molecule has 4 aromatic carbocycles. The minimum Gasteiger partial charge on any atom is -0.458 e. The Morgan fingerprint density at radius 3 is 1.86 bits per heavy atom. The van der Waals surface area contributed by atoms with Crippen LogP contribution in [0.3, 0.4) is 0 Å². The van der Waals surface area contributed by atoms with E-state index in [4.69, 9.17) is 4.74 Å². The van der Waals surface area contributed by atoms with Gasteiger partial charge in [0, 0.05) is 17.1 Å². The number of fused-ring (bicyclic) bond motifs is 5. The minimum absolute atomic E-state index is 0.0428. The fourth-order valence-corrected chi connectivity index (χ4v) is 7.59. The van der Waals surface area contributed by atoms with E-state index in [0.717, 1.165) is 11.5 Å². The highest BCUT2D eigenvalue weighted by molar-refractivity contribution is 6.99. The lowest BCUT2D eigenvalue weighted by molar-refractivity contribution is 0.330. The summed E-state index contributed by atoms with van der Waals surface area (Å²) in [5, 5.41) is 0. The molecular formula is C40H46BNO. The number of anilines is 3. The highest BCUT2D eigenvalue weighted by Gasteiger charge is 2.45. The quantitative estimate of drug-likeness (QED) is 0.184. The van der Waals surface area contributed by atoms with E-state index in [2.05, 4.69) is 147 Å². The van der Waals surface area contributed by atoms with Gasteiger partial charge in [0.25, 0.3) is 6.71 Å². The van der Waals surface area contributed by atoms with Crippen molar-refractivity contribution >= 4 is 40.2 Å². The second-order valence-corrected chi connectivity index (χ2v) is 16.6. The molecule has 7 rings (SSSR count). The topological polar surface area (TPSA) is 12.5 Å². The molecular weight excluding hydrogens is 521 g/mol. The summed E-state index contributed by atoms with van der Waals surface area (Å²) in [6.45, 7) is 23.5. The lowest BCUT2D eigenvalue weighted by atomic mass is 9.33. The number of hydrogen-bond acceptors (Lipinski definition) is 2. The van der Waals surface area contributed by atoms with Crippen LogP contribution in [0.2, 0.25) is 0 Å². The van der Waals surface area contributed by atoms with Crippen LogP contribution in [0.15, 0.2) is 72.8 Å². The molecule has 0 atom stereocenters. The van der Waals surface area contributed by atoms with Crippen LogP contribution in [0.1, 0.15) is 104 Å². The fourth-order valence-electron chi connectivity index (χ4n) is 7.59. The molecule has 0 bridgehead atoms. The minimum atomic E-state index is 0.0428. The normalized spacial score (nSPS) is 17.8. The van der Waals surface area contributed by atoms with Gasteiger partial charge in [0.15, 0.2) is 0 Å². The summed E-state index contributed by atoms with van der Waals surface area (Å²) in [4.78, 5) is 2.48. The highest BCUT2D eigenvalue weighted by atomic mass is 16.5. The molecule has 220 valence electrons. The van der Waals surface area contributed by atoms with Gasteiger partial charge < -0.3 is 9.64 Å². The van der Waals surface area contributed by atoms with Crippen LogP contribution in [-0.2, 0) is 21.7 Å². The van der Waals surface area contributed by atoms with Gasteiger partial charge in [-0.3, -0.25) is 0 Å². The van der Waals surface area contributed by atoms with Crippen molar-refractivity contribution < 1.29 is 4.74 Å². The summed E-state index contributed by atoms with van der Waals surface area (Å²) in [6.07, 6.45) is 2.39. The first kappa shape index (κ1) is 28.3. The second-order valence-electron chi connectivity index (χ2n) is 16.6. The summed E-state index contributed by atoms with van der Waals surface area (Å²) in [7, 11) is 0. The van der Waals surface area contributed by atoms with Crippen molar-refractivity contribution in [2.45, 2.75) is 104 Å². The molecule has 0 N–H and O–H groups in total. The lowest BCUT2D eigenvalue weighted by Crippen LogP contribution is -2.60. The van der Waals surface area contributed by atoms with Crippen LogP contribution in [-0.4, -0.2) is 6.71 Å². The van der Waals surface area contributed by atoms with Crippen LogP contribution in [0.4, 0.5) is 17.1 Å². The lowest BCUT2D eigenvalue weighted by Gasteiger charge is -2.44. The van der Waals surface area contributed by atoms with Crippen LogP contribution >= 0.6 is 0 Å². The van der Waals surface area contributed by atoms with Crippen molar-refractivity contribution in [1.82, 2.24) is 0 Å². The van der Waals surface area contributed by atoms with Crippen LogP contribution in [0, 0.1) is 0 Å². The highest BCUT2D eigenvalue weighted by Crippen LogP contribution is 2.48. The SMILES string of the molecule is CC(C)(C)c1ccc(N2c3cc(C(C)(C)C)ccc3B3c4cc5c(cc4Oc4cccc2c43)C(C)(C)CCC5(C)C)cc1. The molecule has 2 nitrogen and oxygen atoms in total. The Hall–Kier alpha value is -3.46. The largest absolute Gasteiger partial charge is 0.458 e. The van der Waals surface area contributed by atoms with Crippen molar-refractivity contribution in [3.63, 3.8) is 0 Å². The first-order chi connectivity index (χ1) is 20.1. The molecule has 3 aliphatic rings. The Bertz CT molecular complexity index is 1760. The molecule has 0 unspecified atom stereocenters. The van der Waals surface area contributed by atoms with E-state index in [-0.39, 0.29) is 28.4 Å². The van der Waals surface area contributed by atoms with Crippen LogP contribution in [0.5, 0.6) is 11.5 Å². The van der Waals surface area contributed by atoms with Gasteiger partial charge in [-0.15, -0.1) is 0 Å². The van der Waals surface area contributed by atoms with Crippen molar-refractivity contribution in [3.05, 3.63) is 95.1 Å². The van der Waals surface area contributed by atoms with Gasteiger partial charge in [0.2, 0.25) is 0 Å². The van der Waals surface area contributed by atoms with Gasteiger partial charge in [0.05, 0.1) is 0 Å². The summed E-state index contributed by atoms with van der Waals surface area (Å²) in [6, 6.07) is 27.9. The van der Waals surface area contributed by atoms with E-state index in [0.29, 0.717) is 0 Å². The van der Waals surface area contributed by atoms with E-state index < -0.39 is 0 Å². The first-order valence-electron chi connectivity index (χ1n) is 16.1. The van der Waals surface area contributed by atoms with E-state index >= 15 is 0 Å². The number of rotatable bonds is 1. The smallest absolute Gasteiger partial charge is 0.256 e. The molecule has 3 heteroatoms. The molecule has 4 aromatic rings. The number of nitrogens with zero attached hydrogens (tertiary/aromatic N) is 1. The van der Waals surface area contributed by atoms with Crippen molar-refractivity contribution in [2.75, 3.05) is 4.90 Å². The van der Waals surface area contributed by atoms with E-state index in [1.54, 1.807) is 0 Å². The zero-order valence-corrected chi connectivity index (χ0v) is 27.8. The van der Waals surface area contributed by atoms with E-state index in [9.17, 15) is 0 Å². The zero-order chi connectivity index (χ0) is 30.7.